The Kier molecular flexibility index (Phi) is 76.3. The van der Waals surface area contributed by atoms with Crippen molar-refractivity contribution in [2.24, 2.45) is 5.92 Å². The van der Waals surface area contributed by atoms with Crippen LogP contribution < -0.4 is 0 Å². The van der Waals surface area contributed by atoms with Crippen molar-refractivity contribution in [3.8, 4) is 0 Å². The van der Waals surface area contributed by atoms with Gasteiger partial charge in [0.2, 0.25) is 0 Å². The summed E-state index contributed by atoms with van der Waals surface area (Å²) in [6.45, 7) is 7.32. The number of esters is 4. The first-order chi connectivity index (χ1) is 50.6. The molecule has 0 saturated heterocycles. The van der Waals surface area contributed by atoms with Crippen LogP contribution in [0.15, 0.2) is 0 Å². The predicted octanol–water partition coefficient (Wildman–Crippen LogP) is 26.0. The first-order valence-electron chi connectivity index (χ1n) is 44.2. The van der Waals surface area contributed by atoms with Crippen LogP contribution in [0, 0.1) is 5.92 Å². The van der Waals surface area contributed by atoms with Crippen LogP contribution in [0.25, 0.3) is 0 Å². The average Bonchev–Trinajstić information content (AvgIpc) is 0.907. The number of hydrogen-bond acceptors (Lipinski definition) is 15. The van der Waals surface area contributed by atoms with Gasteiger partial charge in [-0.15, -0.1) is 0 Å². The van der Waals surface area contributed by atoms with Crippen molar-refractivity contribution < 1.29 is 80.2 Å². The molecule has 0 amide bonds. The quantitative estimate of drug-likeness (QED) is 0.0222. The zero-order valence-corrected chi connectivity index (χ0v) is 70.0. The van der Waals surface area contributed by atoms with Crippen LogP contribution in [0.1, 0.15) is 458 Å². The molecule has 0 saturated carbocycles. The highest BCUT2D eigenvalue weighted by molar-refractivity contribution is 7.47. The highest BCUT2D eigenvalue weighted by Crippen LogP contribution is 2.45. The number of aliphatic hydroxyl groups excluding tert-OH is 1. The van der Waals surface area contributed by atoms with E-state index in [1.165, 1.54) is 276 Å². The van der Waals surface area contributed by atoms with E-state index < -0.39 is 97.5 Å². The van der Waals surface area contributed by atoms with Gasteiger partial charge in [-0.25, -0.2) is 9.13 Å². The third-order valence-electron chi connectivity index (χ3n) is 20.4. The van der Waals surface area contributed by atoms with Gasteiger partial charge >= 0.3 is 39.5 Å². The number of ether oxygens (including phenoxy) is 4. The van der Waals surface area contributed by atoms with E-state index in [4.69, 9.17) is 37.0 Å². The lowest BCUT2D eigenvalue weighted by Crippen LogP contribution is -2.30. The Hall–Kier alpha value is -1.94. The SMILES string of the molecule is CCCCCCCCCCCCCCCCCCCCCCC(=O)O[C@H](COC(=O)CCCCCCCCCCCCCCCCCCCC)COP(=O)(O)OC[C@@H](O)COP(=O)(O)OC[C@@H](COC(=O)CCCCCCCCC(C)CC)OC(=O)CCCCCCCCCCCCCCCCCC. The molecule has 0 aromatic heterocycles. The van der Waals surface area contributed by atoms with Crippen LogP contribution in [0.4, 0.5) is 0 Å². The standard InChI is InChI=1S/C85H166O17P2/c1-6-10-13-16-19-22-25-28-31-34-36-37-39-42-45-48-51-54-61-66-70-84(89)101-80(74-95-82(87)68-63-58-52-49-46-43-41-38-35-32-29-26-23-20-17-14-11-7-2)76-99-103(91,92)97-72-79(86)73-98-104(93,94)100-77-81(75-96-83(88)69-64-59-56-55-57-62-67-78(5)9-4)102-85(90)71-65-60-53-50-47-44-40-33-30-27-24-21-18-15-12-8-3/h78-81,86H,6-77H2,1-5H3,(H,91,92)(H,93,94)/t78?,79-,80-,81-/m1/s1. The summed E-state index contributed by atoms with van der Waals surface area (Å²) < 4.78 is 68.9. The van der Waals surface area contributed by atoms with Crippen molar-refractivity contribution >= 4 is 39.5 Å². The smallest absolute Gasteiger partial charge is 0.462 e. The second kappa shape index (κ2) is 77.8. The van der Waals surface area contributed by atoms with E-state index >= 15 is 0 Å². The lowest BCUT2D eigenvalue weighted by atomic mass is 10.00. The summed E-state index contributed by atoms with van der Waals surface area (Å²) in [4.78, 5) is 73.2. The number of carbonyl (C=O) groups is 4. The van der Waals surface area contributed by atoms with Crippen LogP contribution in [-0.2, 0) is 65.4 Å². The van der Waals surface area contributed by atoms with Crippen molar-refractivity contribution in [3.63, 3.8) is 0 Å². The zero-order valence-electron chi connectivity index (χ0n) is 68.2. The number of aliphatic hydroxyl groups is 1. The summed E-state index contributed by atoms with van der Waals surface area (Å²) in [7, 11) is -9.93. The van der Waals surface area contributed by atoms with E-state index in [1.807, 2.05) is 0 Å². The summed E-state index contributed by atoms with van der Waals surface area (Å²) in [5.74, 6) is -1.37. The van der Waals surface area contributed by atoms with E-state index in [0.29, 0.717) is 25.7 Å². The highest BCUT2D eigenvalue weighted by atomic mass is 31.2. The monoisotopic (exact) mass is 1520 g/mol. The molecule has 0 radical (unpaired) electrons. The molecule has 6 atom stereocenters. The zero-order chi connectivity index (χ0) is 76.2. The van der Waals surface area contributed by atoms with Gasteiger partial charge in [0.1, 0.15) is 19.3 Å². The molecule has 0 aliphatic heterocycles. The number of carbonyl (C=O) groups excluding carboxylic acids is 4. The summed E-state index contributed by atoms with van der Waals surface area (Å²) in [5, 5.41) is 10.7. The highest BCUT2D eigenvalue weighted by Gasteiger charge is 2.30. The van der Waals surface area contributed by atoms with Crippen LogP contribution in [0.2, 0.25) is 0 Å². The number of phosphoric ester groups is 2. The number of hydrogen-bond donors (Lipinski definition) is 3. The third kappa shape index (κ3) is 76.8. The molecule has 0 bridgehead atoms. The van der Waals surface area contributed by atoms with Crippen molar-refractivity contribution in [2.75, 3.05) is 39.6 Å². The Morgan fingerprint density at radius 3 is 0.683 bits per heavy atom. The van der Waals surface area contributed by atoms with E-state index in [0.717, 1.165) is 102 Å². The lowest BCUT2D eigenvalue weighted by Gasteiger charge is -2.21. The van der Waals surface area contributed by atoms with E-state index in [9.17, 15) is 43.2 Å². The number of rotatable bonds is 85. The molecule has 0 rings (SSSR count). The molecule has 0 aromatic rings. The van der Waals surface area contributed by atoms with Gasteiger partial charge in [-0.3, -0.25) is 37.3 Å². The van der Waals surface area contributed by atoms with Gasteiger partial charge in [0.25, 0.3) is 0 Å². The Morgan fingerprint density at radius 1 is 0.269 bits per heavy atom. The second-order valence-corrected chi connectivity index (χ2v) is 33.7. The molecule has 19 heteroatoms. The summed E-state index contributed by atoms with van der Waals surface area (Å²) in [6, 6.07) is 0. The maximum Gasteiger partial charge on any atom is 0.472 e. The summed E-state index contributed by atoms with van der Waals surface area (Å²) in [6.07, 6.45) is 70.9. The predicted molar refractivity (Wildman–Crippen MR) is 428 cm³/mol. The average molecular weight is 1520 g/mol. The minimum Gasteiger partial charge on any atom is -0.462 e. The van der Waals surface area contributed by atoms with E-state index in [1.54, 1.807) is 0 Å². The molecular weight excluding hydrogens is 1350 g/mol. The summed E-state index contributed by atoms with van der Waals surface area (Å²) >= 11 is 0. The van der Waals surface area contributed by atoms with Gasteiger partial charge in [-0.05, 0) is 31.6 Å². The Balaban J connectivity index is 5.23. The van der Waals surface area contributed by atoms with Crippen molar-refractivity contribution in [3.05, 3.63) is 0 Å². The van der Waals surface area contributed by atoms with Crippen molar-refractivity contribution in [1.29, 1.82) is 0 Å². The number of phosphoric acid groups is 2. The first kappa shape index (κ1) is 102. The fraction of sp³-hybridized carbons (Fsp3) is 0.953. The molecular formula is C85H166O17P2. The molecule has 104 heavy (non-hydrogen) atoms. The molecule has 0 aliphatic carbocycles. The molecule has 0 heterocycles. The van der Waals surface area contributed by atoms with E-state index in [-0.39, 0.29) is 25.7 Å². The van der Waals surface area contributed by atoms with Gasteiger partial charge in [0.15, 0.2) is 12.2 Å². The number of unbranched alkanes of at least 4 members (excludes halogenated alkanes) is 56. The normalized spacial score (nSPS) is 14.0. The maximum absolute atomic E-state index is 13.1. The molecule has 3 N–H and O–H groups in total. The molecule has 0 spiro atoms. The Bertz CT molecular complexity index is 1980. The van der Waals surface area contributed by atoms with Crippen LogP contribution >= 0.6 is 15.6 Å². The van der Waals surface area contributed by atoms with Crippen LogP contribution in [0.3, 0.4) is 0 Å². The van der Waals surface area contributed by atoms with Crippen molar-refractivity contribution in [2.45, 2.75) is 477 Å². The molecule has 0 aromatic carbocycles. The van der Waals surface area contributed by atoms with Gasteiger partial charge in [0.05, 0.1) is 26.4 Å². The van der Waals surface area contributed by atoms with Gasteiger partial charge in [-0.1, -0.05) is 407 Å². The molecule has 17 nitrogen and oxygen atoms in total. The molecule has 0 fully saturated rings. The van der Waals surface area contributed by atoms with Crippen LogP contribution in [0.5, 0.6) is 0 Å². The minimum absolute atomic E-state index is 0.108. The Labute approximate surface area is 638 Å². The fourth-order valence-corrected chi connectivity index (χ4v) is 14.8. The van der Waals surface area contributed by atoms with Crippen molar-refractivity contribution in [1.82, 2.24) is 0 Å². The van der Waals surface area contributed by atoms with Gasteiger partial charge in [-0.2, -0.15) is 0 Å². The maximum atomic E-state index is 13.1. The molecule has 618 valence electrons. The van der Waals surface area contributed by atoms with Gasteiger partial charge in [0, 0.05) is 25.7 Å². The third-order valence-corrected chi connectivity index (χ3v) is 22.3. The first-order valence-corrected chi connectivity index (χ1v) is 47.2. The molecule has 0 aliphatic rings. The fourth-order valence-electron chi connectivity index (χ4n) is 13.3. The summed E-state index contributed by atoms with van der Waals surface area (Å²) in [5.41, 5.74) is 0. The lowest BCUT2D eigenvalue weighted by molar-refractivity contribution is -0.161. The van der Waals surface area contributed by atoms with Crippen LogP contribution in [-0.4, -0.2) is 96.7 Å². The second-order valence-electron chi connectivity index (χ2n) is 30.8. The molecule has 3 unspecified atom stereocenters. The Morgan fingerprint density at radius 2 is 0.462 bits per heavy atom. The van der Waals surface area contributed by atoms with Gasteiger partial charge < -0.3 is 33.8 Å². The minimum atomic E-state index is -4.96. The largest absolute Gasteiger partial charge is 0.472 e. The van der Waals surface area contributed by atoms with E-state index in [2.05, 4.69) is 34.6 Å². The topological polar surface area (TPSA) is 237 Å².